The van der Waals surface area contributed by atoms with E-state index in [1.54, 1.807) is 0 Å². The molecule has 1 unspecified atom stereocenters. The molecule has 1 rings (SSSR count). The van der Waals surface area contributed by atoms with Crippen molar-refractivity contribution in [1.82, 2.24) is 0 Å². The van der Waals surface area contributed by atoms with Crippen molar-refractivity contribution in [3.63, 3.8) is 0 Å². The smallest absolute Gasteiger partial charge is 0.379 e. The fourth-order valence-corrected chi connectivity index (χ4v) is 2.46. The Kier molecular flexibility index (Phi) is 5.02. The molecule has 0 aromatic rings. The molecule has 1 atom stereocenters. The second-order valence-corrected chi connectivity index (χ2v) is 5.23. The van der Waals surface area contributed by atoms with Gasteiger partial charge in [-0.15, -0.1) is 0 Å². The highest BCUT2D eigenvalue weighted by Gasteiger charge is 2.80. The maximum atomic E-state index is 13.8. The van der Waals surface area contributed by atoms with E-state index in [0.717, 1.165) is 12.5 Å². The van der Waals surface area contributed by atoms with Gasteiger partial charge in [0.25, 0.3) is 0 Å². The number of alkyl halides is 7. The van der Waals surface area contributed by atoms with Gasteiger partial charge in [0.2, 0.25) is 0 Å². The van der Waals surface area contributed by atoms with Gasteiger partial charge in [0.15, 0.2) is 5.60 Å². The van der Waals surface area contributed by atoms with E-state index in [1.165, 1.54) is 0 Å². The lowest BCUT2D eigenvalue weighted by atomic mass is 9.82. The summed E-state index contributed by atoms with van der Waals surface area (Å²) in [6.07, 6.45) is -4.73. The van der Waals surface area contributed by atoms with E-state index in [1.807, 2.05) is 6.92 Å². The monoisotopic (exact) mass is 322 g/mol. The summed E-state index contributed by atoms with van der Waals surface area (Å²) in [7, 11) is 0. The van der Waals surface area contributed by atoms with Crippen molar-refractivity contribution in [3.8, 4) is 0 Å². The van der Waals surface area contributed by atoms with Gasteiger partial charge in [-0.2, -0.15) is 30.7 Å². The number of unbranched alkanes of at least 4 members (excludes halogenated alkanes) is 2. The Labute approximate surface area is 117 Å². The summed E-state index contributed by atoms with van der Waals surface area (Å²) in [5, 5.41) is 9.88. The quantitative estimate of drug-likeness (QED) is 0.421. The van der Waals surface area contributed by atoms with Crippen LogP contribution < -0.4 is 0 Å². The van der Waals surface area contributed by atoms with E-state index in [9.17, 15) is 35.8 Å². The third-order valence-electron chi connectivity index (χ3n) is 3.75. The fraction of sp³-hybridized carbons (Fsp3) is 0.846. The Morgan fingerprint density at radius 3 is 2.14 bits per heavy atom. The van der Waals surface area contributed by atoms with Gasteiger partial charge in [-0.05, 0) is 31.3 Å². The largest absolute Gasteiger partial charge is 0.460 e. The van der Waals surface area contributed by atoms with Crippen LogP contribution in [0.3, 0.4) is 0 Å². The molecule has 1 aliphatic rings. The minimum Gasteiger partial charge on any atom is -0.379 e. The summed E-state index contributed by atoms with van der Waals surface area (Å²) in [5.74, 6) is -11.9. The van der Waals surface area contributed by atoms with Crippen molar-refractivity contribution in [2.24, 2.45) is 0 Å². The molecule has 1 aliphatic carbocycles. The van der Waals surface area contributed by atoms with E-state index in [4.69, 9.17) is 0 Å². The molecule has 0 aromatic carbocycles. The topological polar surface area (TPSA) is 20.2 Å². The number of aliphatic hydroxyl groups is 1. The summed E-state index contributed by atoms with van der Waals surface area (Å²) >= 11 is 0. The van der Waals surface area contributed by atoms with Crippen LogP contribution in [-0.4, -0.2) is 28.7 Å². The van der Waals surface area contributed by atoms with Crippen LogP contribution in [0.15, 0.2) is 11.6 Å². The Bertz CT molecular complexity index is 400. The molecule has 0 saturated heterocycles. The first-order valence-corrected chi connectivity index (χ1v) is 6.66. The molecule has 21 heavy (non-hydrogen) atoms. The Balaban J connectivity index is 3.08. The zero-order chi connectivity index (χ0) is 16.5. The predicted octanol–water partition coefficient (Wildman–Crippen LogP) is 4.85. The number of allylic oxidation sites excluding steroid dienone is 1. The van der Waals surface area contributed by atoms with E-state index >= 15 is 0 Å². The maximum absolute atomic E-state index is 13.8. The molecule has 1 nitrogen and oxygen atoms in total. The highest BCUT2D eigenvalue weighted by Crippen LogP contribution is 2.56. The summed E-state index contributed by atoms with van der Waals surface area (Å²) < 4.78 is 90.5. The minimum atomic E-state index is -6.43. The molecule has 8 heteroatoms. The second kappa shape index (κ2) is 5.78. The van der Waals surface area contributed by atoms with E-state index in [-0.39, 0.29) is 12.8 Å². The van der Waals surface area contributed by atoms with Crippen molar-refractivity contribution >= 4 is 0 Å². The number of rotatable bonds is 6. The van der Waals surface area contributed by atoms with Crippen LogP contribution in [-0.2, 0) is 0 Å². The number of hydrogen-bond acceptors (Lipinski definition) is 1. The third-order valence-corrected chi connectivity index (χ3v) is 3.75. The van der Waals surface area contributed by atoms with Crippen molar-refractivity contribution in [1.29, 1.82) is 0 Å². The van der Waals surface area contributed by atoms with Gasteiger partial charge < -0.3 is 5.11 Å². The van der Waals surface area contributed by atoms with Crippen LogP contribution in [0, 0.1) is 0 Å². The molecule has 0 aliphatic heterocycles. The van der Waals surface area contributed by atoms with Gasteiger partial charge in [-0.25, -0.2) is 0 Å². The highest BCUT2D eigenvalue weighted by atomic mass is 19.4. The molecule has 0 saturated carbocycles. The SMILES string of the molecule is CCCCCC1=CCCC1(O)C(F)(F)C(F)(F)C(F)(F)F. The highest BCUT2D eigenvalue weighted by molar-refractivity contribution is 5.29. The van der Waals surface area contributed by atoms with Crippen molar-refractivity contribution in [2.45, 2.75) is 69.1 Å². The average Bonchev–Trinajstić information content (AvgIpc) is 2.71. The Morgan fingerprint density at radius 1 is 1.10 bits per heavy atom. The average molecular weight is 322 g/mol. The first kappa shape index (κ1) is 18.3. The number of hydrogen-bond donors (Lipinski definition) is 1. The van der Waals surface area contributed by atoms with Crippen molar-refractivity contribution in [3.05, 3.63) is 11.6 Å². The molecule has 0 fully saturated rings. The minimum absolute atomic E-state index is 0.117. The van der Waals surface area contributed by atoms with E-state index in [0.29, 0.717) is 12.8 Å². The molecule has 124 valence electrons. The van der Waals surface area contributed by atoms with Crippen LogP contribution in [0.5, 0.6) is 0 Å². The lowest BCUT2D eigenvalue weighted by Gasteiger charge is -2.39. The second-order valence-electron chi connectivity index (χ2n) is 5.23. The van der Waals surface area contributed by atoms with Gasteiger partial charge in [0.1, 0.15) is 0 Å². The summed E-state index contributed by atoms with van der Waals surface area (Å²) in [6, 6.07) is 0. The first-order chi connectivity index (χ1) is 9.42. The molecule has 0 aromatic heterocycles. The van der Waals surface area contributed by atoms with E-state index < -0.39 is 35.6 Å². The Hall–Kier alpha value is -0.790. The third kappa shape index (κ3) is 2.91. The van der Waals surface area contributed by atoms with Gasteiger partial charge >= 0.3 is 18.0 Å². The van der Waals surface area contributed by atoms with Gasteiger partial charge in [-0.1, -0.05) is 25.8 Å². The van der Waals surface area contributed by atoms with Crippen LogP contribution in [0.2, 0.25) is 0 Å². The lowest BCUT2D eigenvalue weighted by Crippen LogP contribution is -2.64. The Morgan fingerprint density at radius 2 is 1.67 bits per heavy atom. The van der Waals surface area contributed by atoms with Crippen LogP contribution in [0.4, 0.5) is 30.7 Å². The lowest BCUT2D eigenvalue weighted by molar-refractivity contribution is -0.382. The zero-order valence-corrected chi connectivity index (χ0v) is 11.4. The summed E-state index contributed by atoms with van der Waals surface area (Å²) in [6.45, 7) is 1.82. The summed E-state index contributed by atoms with van der Waals surface area (Å²) in [4.78, 5) is 0. The van der Waals surface area contributed by atoms with Crippen LogP contribution in [0.25, 0.3) is 0 Å². The zero-order valence-electron chi connectivity index (χ0n) is 11.4. The molecule has 0 amide bonds. The molecule has 0 heterocycles. The van der Waals surface area contributed by atoms with Crippen molar-refractivity contribution in [2.75, 3.05) is 0 Å². The molecular weight excluding hydrogens is 305 g/mol. The van der Waals surface area contributed by atoms with Crippen LogP contribution in [0.1, 0.15) is 45.4 Å². The van der Waals surface area contributed by atoms with Gasteiger partial charge in [0.05, 0.1) is 0 Å². The molecule has 0 radical (unpaired) electrons. The summed E-state index contributed by atoms with van der Waals surface area (Å²) in [5.41, 5.74) is -3.87. The molecule has 0 bridgehead atoms. The van der Waals surface area contributed by atoms with Gasteiger partial charge in [-0.3, -0.25) is 0 Å². The standard InChI is InChI=1S/C13H17F7O/c1-2-3-4-6-9-7-5-8-10(9,21)11(14,15)12(16,17)13(18,19)20/h7,21H,2-6,8H2,1H3. The first-order valence-electron chi connectivity index (χ1n) is 6.66. The van der Waals surface area contributed by atoms with E-state index in [2.05, 4.69) is 0 Å². The predicted molar refractivity (Wildman–Crippen MR) is 62.4 cm³/mol. The van der Waals surface area contributed by atoms with Crippen molar-refractivity contribution < 1.29 is 35.8 Å². The van der Waals surface area contributed by atoms with Crippen LogP contribution >= 0.6 is 0 Å². The van der Waals surface area contributed by atoms with Gasteiger partial charge in [0, 0.05) is 0 Å². The molecule has 0 spiro atoms. The molecular formula is C13H17F7O. The normalized spacial score (nSPS) is 24.3. The number of halogens is 7. The maximum Gasteiger partial charge on any atom is 0.460 e. The fourth-order valence-electron chi connectivity index (χ4n) is 2.46. The molecule has 1 N–H and O–H groups in total.